The van der Waals surface area contributed by atoms with Gasteiger partial charge in [0.2, 0.25) is 0 Å². The fourth-order valence-corrected chi connectivity index (χ4v) is 3.06. The van der Waals surface area contributed by atoms with Crippen LogP contribution in [0.4, 0.5) is 0 Å². The number of Topliss-reactive ketones (excluding diaryl/α,β-unsaturated/α-hetero) is 1. The average molecular weight is 292 g/mol. The minimum Gasteiger partial charge on any atom is -0.316 e. The van der Waals surface area contributed by atoms with E-state index in [0.29, 0.717) is 30.6 Å². The predicted molar refractivity (Wildman–Crippen MR) is 82.9 cm³/mol. The smallest absolute Gasteiger partial charge is 0.140 e. The van der Waals surface area contributed by atoms with Crippen molar-refractivity contribution in [2.75, 3.05) is 13.1 Å². The maximum Gasteiger partial charge on any atom is 0.140 e. The summed E-state index contributed by atoms with van der Waals surface area (Å²) in [6.45, 7) is 9.49. The summed E-state index contributed by atoms with van der Waals surface area (Å²) >= 11 is 0. The summed E-state index contributed by atoms with van der Waals surface area (Å²) in [5, 5.41) is 7.65. The van der Waals surface area contributed by atoms with Gasteiger partial charge in [-0.25, -0.2) is 9.67 Å². The summed E-state index contributed by atoms with van der Waals surface area (Å²) in [4.78, 5) is 16.5. The third-order valence-electron chi connectivity index (χ3n) is 4.28. The summed E-state index contributed by atoms with van der Waals surface area (Å²) in [5.41, 5.74) is 0. The molecule has 0 radical (unpaired) electrons. The normalized spacial score (nSPS) is 20.7. The molecule has 1 aromatic rings. The molecular weight excluding hydrogens is 264 g/mol. The molecule has 0 spiro atoms. The van der Waals surface area contributed by atoms with Crippen LogP contribution in [0, 0.1) is 17.8 Å². The van der Waals surface area contributed by atoms with Gasteiger partial charge in [0.25, 0.3) is 0 Å². The summed E-state index contributed by atoms with van der Waals surface area (Å²) in [6.07, 6.45) is 5.09. The first-order valence-corrected chi connectivity index (χ1v) is 8.15. The molecule has 0 bridgehead atoms. The lowest BCUT2D eigenvalue weighted by Crippen LogP contribution is -2.34. The molecular formula is C16H28N4O. The Morgan fingerprint density at radius 1 is 1.48 bits per heavy atom. The second-order valence-electron chi connectivity index (χ2n) is 6.76. The molecule has 5 nitrogen and oxygen atoms in total. The zero-order valence-corrected chi connectivity index (χ0v) is 13.5. The standard InChI is InChI=1S/C16H28N4O/c1-12(2)10-20-16(18-11-19-20)8-15(21)7-13(3)14-5-4-6-17-9-14/h11-14,17H,4-10H2,1-3H3. The van der Waals surface area contributed by atoms with E-state index in [9.17, 15) is 4.79 Å². The van der Waals surface area contributed by atoms with Crippen molar-refractivity contribution in [1.82, 2.24) is 20.1 Å². The van der Waals surface area contributed by atoms with E-state index in [2.05, 4.69) is 36.2 Å². The molecule has 2 rings (SSSR count). The van der Waals surface area contributed by atoms with E-state index in [0.717, 1.165) is 25.5 Å². The SMILES string of the molecule is CC(C)Cn1ncnc1CC(=O)CC(C)C1CCCNC1. The molecule has 2 heterocycles. The minimum atomic E-state index is 0.283. The molecule has 1 fully saturated rings. The van der Waals surface area contributed by atoms with Gasteiger partial charge in [-0.15, -0.1) is 0 Å². The fourth-order valence-electron chi connectivity index (χ4n) is 3.06. The lowest BCUT2D eigenvalue weighted by molar-refractivity contribution is -0.119. The van der Waals surface area contributed by atoms with E-state index >= 15 is 0 Å². The molecule has 1 aliphatic rings. The number of piperidine rings is 1. The Labute approximate surface area is 127 Å². The Kier molecular flexibility index (Phi) is 5.91. The molecule has 0 amide bonds. The molecule has 21 heavy (non-hydrogen) atoms. The Balaban J connectivity index is 1.85. The number of rotatable bonds is 7. The molecule has 1 saturated heterocycles. The summed E-state index contributed by atoms with van der Waals surface area (Å²) < 4.78 is 1.87. The molecule has 1 aliphatic heterocycles. The van der Waals surface area contributed by atoms with Crippen LogP contribution in [-0.4, -0.2) is 33.6 Å². The van der Waals surface area contributed by atoms with Crippen LogP contribution in [0.2, 0.25) is 0 Å². The molecule has 0 aromatic carbocycles. The number of hydrogen-bond donors (Lipinski definition) is 1. The van der Waals surface area contributed by atoms with Crippen molar-refractivity contribution >= 4 is 5.78 Å². The van der Waals surface area contributed by atoms with Gasteiger partial charge in [-0.1, -0.05) is 20.8 Å². The quantitative estimate of drug-likeness (QED) is 0.836. The molecule has 118 valence electrons. The number of nitrogens with one attached hydrogen (secondary N) is 1. The van der Waals surface area contributed by atoms with E-state index in [1.54, 1.807) is 6.33 Å². The van der Waals surface area contributed by atoms with E-state index in [1.165, 1.54) is 12.8 Å². The van der Waals surface area contributed by atoms with Gasteiger partial charge in [0.15, 0.2) is 0 Å². The first-order valence-electron chi connectivity index (χ1n) is 8.15. The van der Waals surface area contributed by atoms with Gasteiger partial charge in [-0.3, -0.25) is 4.79 Å². The molecule has 0 saturated carbocycles. The summed E-state index contributed by atoms with van der Waals surface area (Å²) in [5.74, 6) is 2.68. The Morgan fingerprint density at radius 3 is 2.95 bits per heavy atom. The maximum absolute atomic E-state index is 12.3. The van der Waals surface area contributed by atoms with Crippen LogP contribution in [0.25, 0.3) is 0 Å². The number of carbonyl (C=O) groups excluding carboxylic acids is 1. The van der Waals surface area contributed by atoms with Crippen LogP contribution >= 0.6 is 0 Å². The topological polar surface area (TPSA) is 59.8 Å². The highest BCUT2D eigenvalue weighted by molar-refractivity contribution is 5.80. The van der Waals surface area contributed by atoms with E-state index in [1.807, 2.05) is 4.68 Å². The third-order valence-corrected chi connectivity index (χ3v) is 4.28. The van der Waals surface area contributed by atoms with Crippen molar-refractivity contribution in [3.63, 3.8) is 0 Å². The highest BCUT2D eigenvalue weighted by Crippen LogP contribution is 2.23. The Bertz CT molecular complexity index is 449. The van der Waals surface area contributed by atoms with Crippen LogP contribution in [0.3, 0.4) is 0 Å². The van der Waals surface area contributed by atoms with Gasteiger partial charge in [0.05, 0.1) is 6.42 Å². The molecule has 0 aliphatic carbocycles. The summed E-state index contributed by atoms with van der Waals surface area (Å²) in [6, 6.07) is 0. The summed E-state index contributed by atoms with van der Waals surface area (Å²) in [7, 11) is 0. The molecule has 2 unspecified atom stereocenters. The second-order valence-corrected chi connectivity index (χ2v) is 6.76. The van der Waals surface area contributed by atoms with Crippen LogP contribution in [0.1, 0.15) is 45.9 Å². The number of hydrogen-bond acceptors (Lipinski definition) is 4. The molecule has 2 atom stereocenters. The largest absolute Gasteiger partial charge is 0.316 e. The van der Waals surface area contributed by atoms with E-state index in [-0.39, 0.29) is 5.78 Å². The van der Waals surface area contributed by atoms with Crippen LogP contribution in [0.15, 0.2) is 6.33 Å². The van der Waals surface area contributed by atoms with Gasteiger partial charge in [-0.2, -0.15) is 5.10 Å². The van der Waals surface area contributed by atoms with Gasteiger partial charge < -0.3 is 5.32 Å². The highest BCUT2D eigenvalue weighted by Gasteiger charge is 2.22. The first kappa shape index (κ1) is 16.1. The van der Waals surface area contributed by atoms with Crippen molar-refractivity contribution < 1.29 is 4.79 Å². The Morgan fingerprint density at radius 2 is 2.29 bits per heavy atom. The lowest BCUT2D eigenvalue weighted by Gasteiger charge is -2.27. The van der Waals surface area contributed by atoms with Gasteiger partial charge >= 0.3 is 0 Å². The number of nitrogens with zero attached hydrogens (tertiary/aromatic N) is 3. The zero-order valence-electron chi connectivity index (χ0n) is 13.5. The van der Waals surface area contributed by atoms with Crippen molar-refractivity contribution in [3.8, 4) is 0 Å². The van der Waals surface area contributed by atoms with E-state index in [4.69, 9.17) is 0 Å². The van der Waals surface area contributed by atoms with Crippen molar-refractivity contribution in [3.05, 3.63) is 12.2 Å². The molecule has 1 aromatic heterocycles. The van der Waals surface area contributed by atoms with Crippen LogP contribution in [0.5, 0.6) is 0 Å². The number of carbonyl (C=O) groups is 1. The van der Waals surface area contributed by atoms with Gasteiger partial charge in [-0.05, 0) is 43.7 Å². The third kappa shape index (κ3) is 4.92. The predicted octanol–water partition coefficient (Wildman–Crippen LogP) is 2.07. The second kappa shape index (κ2) is 7.69. The number of aromatic nitrogens is 3. The zero-order chi connectivity index (χ0) is 15.2. The van der Waals surface area contributed by atoms with Crippen LogP contribution < -0.4 is 5.32 Å². The number of ketones is 1. The first-order chi connectivity index (χ1) is 10.1. The highest BCUT2D eigenvalue weighted by atomic mass is 16.1. The lowest BCUT2D eigenvalue weighted by atomic mass is 9.84. The van der Waals surface area contributed by atoms with Crippen molar-refractivity contribution in [2.45, 2.75) is 53.0 Å². The van der Waals surface area contributed by atoms with Crippen molar-refractivity contribution in [1.29, 1.82) is 0 Å². The molecule has 1 N–H and O–H groups in total. The van der Waals surface area contributed by atoms with Gasteiger partial charge in [0, 0.05) is 13.0 Å². The maximum atomic E-state index is 12.3. The fraction of sp³-hybridized carbons (Fsp3) is 0.812. The van der Waals surface area contributed by atoms with Crippen LogP contribution in [-0.2, 0) is 17.8 Å². The Hall–Kier alpha value is -1.23. The van der Waals surface area contributed by atoms with Crippen molar-refractivity contribution in [2.24, 2.45) is 17.8 Å². The molecule has 5 heteroatoms. The van der Waals surface area contributed by atoms with E-state index < -0.39 is 0 Å². The average Bonchev–Trinajstić information content (AvgIpc) is 2.86. The monoisotopic (exact) mass is 292 g/mol. The minimum absolute atomic E-state index is 0.283. The van der Waals surface area contributed by atoms with Gasteiger partial charge in [0.1, 0.15) is 17.9 Å².